The van der Waals surface area contributed by atoms with Gasteiger partial charge in [-0.2, -0.15) is 5.10 Å². The molecular formula is C11H11Cl2N3. The van der Waals surface area contributed by atoms with E-state index in [4.69, 9.17) is 23.2 Å². The zero-order valence-corrected chi connectivity index (χ0v) is 10.3. The van der Waals surface area contributed by atoms with Gasteiger partial charge in [0.2, 0.25) is 0 Å². The minimum Gasteiger partial charge on any atom is -0.366 e. The van der Waals surface area contributed by atoms with Crippen molar-refractivity contribution in [1.29, 1.82) is 0 Å². The van der Waals surface area contributed by atoms with Gasteiger partial charge in [0, 0.05) is 29.7 Å². The largest absolute Gasteiger partial charge is 0.366 e. The molecular weight excluding hydrogens is 245 g/mol. The van der Waals surface area contributed by atoms with Crippen LogP contribution in [0, 0.1) is 0 Å². The number of hydrogen-bond acceptors (Lipinski definition) is 2. The average Bonchev–Trinajstić information content (AvgIpc) is 2.59. The molecule has 0 saturated heterocycles. The van der Waals surface area contributed by atoms with Crippen LogP contribution >= 0.6 is 23.2 Å². The third-order valence-electron chi connectivity index (χ3n) is 2.22. The average molecular weight is 256 g/mol. The lowest BCUT2D eigenvalue weighted by Crippen LogP contribution is -2.04. The fourth-order valence-electron chi connectivity index (χ4n) is 1.45. The number of hydrogen-bond donors (Lipinski definition) is 1. The highest BCUT2D eigenvalue weighted by molar-refractivity contribution is 6.34. The van der Waals surface area contributed by atoms with E-state index in [9.17, 15) is 0 Å². The Bertz CT molecular complexity index is 473. The van der Waals surface area contributed by atoms with Gasteiger partial charge in [0.15, 0.2) is 0 Å². The molecule has 0 aliphatic carbocycles. The number of nitrogens with zero attached hydrogens (tertiary/aromatic N) is 2. The van der Waals surface area contributed by atoms with E-state index in [1.807, 2.05) is 25.2 Å². The van der Waals surface area contributed by atoms with Crippen molar-refractivity contribution in [2.45, 2.75) is 6.54 Å². The lowest BCUT2D eigenvalue weighted by Gasteiger charge is -2.07. The third kappa shape index (κ3) is 2.68. The van der Waals surface area contributed by atoms with Gasteiger partial charge in [-0.05, 0) is 23.8 Å². The van der Waals surface area contributed by atoms with Gasteiger partial charge >= 0.3 is 0 Å². The van der Waals surface area contributed by atoms with Crippen LogP contribution in [-0.2, 0) is 13.6 Å². The third-order valence-corrected chi connectivity index (χ3v) is 2.65. The predicted octanol–water partition coefficient (Wildman–Crippen LogP) is 3.34. The second kappa shape index (κ2) is 4.76. The number of anilines is 1. The highest BCUT2D eigenvalue weighted by Gasteiger charge is 2.00. The molecule has 0 aliphatic rings. The molecule has 0 aliphatic heterocycles. The summed E-state index contributed by atoms with van der Waals surface area (Å²) in [5.74, 6) is 0.955. The first-order valence-corrected chi connectivity index (χ1v) is 5.57. The van der Waals surface area contributed by atoms with Crippen molar-refractivity contribution in [3.8, 4) is 0 Å². The van der Waals surface area contributed by atoms with Crippen LogP contribution in [-0.4, -0.2) is 9.78 Å². The summed E-state index contributed by atoms with van der Waals surface area (Å²) >= 11 is 11.8. The Morgan fingerprint density at radius 2 is 1.94 bits per heavy atom. The summed E-state index contributed by atoms with van der Waals surface area (Å²) < 4.78 is 1.77. The normalized spacial score (nSPS) is 10.4. The van der Waals surface area contributed by atoms with Crippen molar-refractivity contribution < 1.29 is 0 Å². The molecule has 0 radical (unpaired) electrons. The molecule has 1 aromatic heterocycles. The number of aromatic nitrogens is 2. The van der Waals surface area contributed by atoms with E-state index in [0.717, 1.165) is 11.4 Å². The molecule has 1 heterocycles. The highest BCUT2D eigenvalue weighted by atomic mass is 35.5. The van der Waals surface area contributed by atoms with Crippen LogP contribution in [0.3, 0.4) is 0 Å². The topological polar surface area (TPSA) is 29.9 Å². The molecule has 5 heteroatoms. The van der Waals surface area contributed by atoms with E-state index in [1.165, 1.54) is 0 Å². The summed E-state index contributed by atoms with van der Waals surface area (Å²) in [6.07, 6.45) is 1.74. The molecule has 1 N–H and O–H groups in total. The molecule has 0 unspecified atom stereocenters. The quantitative estimate of drug-likeness (QED) is 0.912. The maximum absolute atomic E-state index is 5.91. The molecule has 16 heavy (non-hydrogen) atoms. The minimum absolute atomic E-state index is 0.648. The molecule has 84 valence electrons. The van der Waals surface area contributed by atoms with Gasteiger partial charge in [-0.25, -0.2) is 0 Å². The first-order valence-electron chi connectivity index (χ1n) is 4.82. The van der Waals surface area contributed by atoms with Gasteiger partial charge in [-0.15, -0.1) is 0 Å². The van der Waals surface area contributed by atoms with E-state index >= 15 is 0 Å². The van der Waals surface area contributed by atoms with E-state index < -0.39 is 0 Å². The van der Waals surface area contributed by atoms with Crippen LogP contribution < -0.4 is 5.32 Å². The smallest absolute Gasteiger partial charge is 0.124 e. The van der Waals surface area contributed by atoms with Gasteiger partial charge in [-0.1, -0.05) is 23.2 Å². The van der Waals surface area contributed by atoms with E-state index in [2.05, 4.69) is 10.4 Å². The Kier molecular flexibility index (Phi) is 3.36. The van der Waals surface area contributed by atoms with Crippen molar-refractivity contribution in [1.82, 2.24) is 9.78 Å². The molecule has 1 aromatic carbocycles. The number of aryl methyl sites for hydroxylation is 1. The number of nitrogens with one attached hydrogen (secondary N) is 1. The maximum Gasteiger partial charge on any atom is 0.124 e. The summed E-state index contributed by atoms with van der Waals surface area (Å²) in [6, 6.07) is 7.40. The van der Waals surface area contributed by atoms with Gasteiger partial charge in [0.25, 0.3) is 0 Å². The Balaban J connectivity index is 2.07. The minimum atomic E-state index is 0.648. The maximum atomic E-state index is 5.91. The van der Waals surface area contributed by atoms with Gasteiger partial charge in [-0.3, -0.25) is 4.68 Å². The SMILES string of the molecule is Cn1nccc1NCc1cc(Cl)cc(Cl)c1. The summed E-state index contributed by atoms with van der Waals surface area (Å²) in [5.41, 5.74) is 1.04. The van der Waals surface area contributed by atoms with Gasteiger partial charge < -0.3 is 5.32 Å². The molecule has 2 rings (SSSR count). The fraction of sp³-hybridized carbons (Fsp3) is 0.182. The molecule has 0 saturated carbocycles. The van der Waals surface area contributed by atoms with Crippen LogP contribution in [0.2, 0.25) is 10.0 Å². The summed E-state index contributed by atoms with van der Waals surface area (Å²) in [7, 11) is 1.88. The van der Waals surface area contributed by atoms with Crippen LogP contribution in [0.25, 0.3) is 0 Å². The summed E-state index contributed by atoms with van der Waals surface area (Å²) in [6.45, 7) is 0.666. The number of rotatable bonds is 3. The van der Waals surface area contributed by atoms with Crippen LogP contribution in [0.5, 0.6) is 0 Å². The van der Waals surface area contributed by atoms with Crippen LogP contribution in [0.1, 0.15) is 5.56 Å². The van der Waals surface area contributed by atoms with E-state index in [0.29, 0.717) is 16.6 Å². The molecule has 0 amide bonds. The Hall–Kier alpha value is -1.19. The Labute approximate surface area is 104 Å². The molecule has 0 spiro atoms. The molecule has 0 bridgehead atoms. The van der Waals surface area contributed by atoms with Crippen molar-refractivity contribution >= 4 is 29.0 Å². The first-order chi connectivity index (χ1) is 7.65. The van der Waals surface area contributed by atoms with Crippen molar-refractivity contribution in [3.63, 3.8) is 0 Å². The molecule has 0 atom stereocenters. The molecule has 3 nitrogen and oxygen atoms in total. The van der Waals surface area contributed by atoms with E-state index in [1.54, 1.807) is 16.9 Å². The van der Waals surface area contributed by atoms with Crippen molar-refractivity contribution in [2.24, 2.45) is 7.05 Å². The predicted molar refractivity (Wildman–Crippen MR) is 67.0 cm³/mol. The van der Waals surface area contributed by atoms with Crippen LogP contribution in [0.15, 0.2) is 30.5 Å². The van der Waals surface area contributed by atoms with Crippen molar-refractivity contribution in [3.05, 3.63) is 46.1 Å². The zero-order chi connectivity index (χ0) is 11.5. The highest BCUT2D eigenvalue weighted by Crippen LogP contribution is 2.19. The second-order valence-corrected chi connectivity index (χ2v) is 4.34. The van der Waals surface area contributed by atoms with Gasteiger partial charge in [0.1, 0.15) is 5.82 Å². The number of benzene rings is 1. The van der Waals surface area contributed by atoms with E-state index in [-0.39, 0.29) is 0 Å². The molecule has 2 aromatic rings. The first kappa shape index (κ1) is 11.3. The van der Waals surface area contributed by atoms with Gasteiger partial charge in [0.05, 0.1) is 6.20 Å². The monoisotopic (exact) mass is 255 g/mol. The summed E-state index contributed by atoms with van der Waals surface area (Å²) in [4.78, 5) is 0. The lowest BCUT2D eigenvalue weighted by atomic mass is 10.2. The molecule has 0 fully saturated rings. The Morgan fingerprint density at radius 3 is 2.50 bits per heavy atom. The fourth-order valence-corrected chi connectivity index (χ4v) is 2.02. The zero-order valence-electron chi connectivity index (χ0n) is 8.74. The summed E-state index contributed by atoms with van der Waals surface area (Å²) in [5, 5.41) is 8.61. The van der Waals surface area contributed by atoms with Crippen LogP contribution in [0.4, 0.5) is 5.82 Å². The standard InChI is InChI=1S/C11H11Cl2N3/c1-16-11(2-3-15-16)14-7-8-4-9(12)6-10(13)5-8/h2-6,14H,7H2,1H3. The Morgan fingerprint density at radius 1 is 1.25 bits per heavy atom. The second-order valence-electron chi connectivity index (χ2n) is 3.47. The lowest BCUT2D eigenvalue weighted by molar-refractivity contribution is 0.769. The van der Waals surface area contributed by atoms with Crippen molar-refractivity contribution in [2.75, 3.05) is 5.32 Å². The number of halogens is 2.